The van der Waals surface area contributed by atoms with Crippen LogP contribution in [0.3, 0.4) is 0 Å². The zero-order valence-electron chi connectivity index (χ0n) is 9.53. The molecule has 0 saturated carbocycles. The highest BCUT2D eigenvalue weighted by Crippen LogP contribution is 2.11. The van der Waals surface area contributed by atoms with E-state index >= 15 is 0 Å². The van der Waals surface area contributed by atoms with Crippen LogP contribution in [0.25, 0.3) is 0 Å². The predicted octanol–water partition coefficient (Wildman–Crippen LogP) is 0.221. The fourth-order valence-electron chi connectivity index (χ4n) is 1.10. The third-order valence-corrected chi connectivity index (χ3v) is 1.98. The Labute approximate surface area is 99.2 Å². The summed E-state index contributed by atoms with van der Waals surface area (Å²) in [7, 11) is 1.59. The van der Waals surface area contributed by atoms with Crippen molar-refractivity contribution >= 4 is 11.9 Å². The van der Waals surface area contributed by atoms with Gasteiger partial charge < -0.3 is 20.5 Å². The third-order valence-electron chi connectivity index (χ3n) is 1.98. The van der Waals surface area contributed by atoms with Crippen molar-refractivity contribution < 1.29 is 14.3 Å². The number of hydrogen-bond acceptors (Lipinski definition) is 4. The van der Waals surface area contributed by atoms with Crippen LogP contribution in [0.15, 0.2) is 24.3 Å². The lowest BCUT2D eigenvalue weighted by molar-refractivity contribution is -0.143. The smallest absolute Gasteiger partial charge is 0.325 e. The molecule has 0 aliphatic rings. The highest BCUT2D eigenvalue weighted by molar-refractivity contribution is 5.80. The van der Waals surface area contributed by atoms with Gasteiger partial charge in [-0.3, -0.25) is 10.2 Å². The van der Waals surface area contributed by atoms with Gasteiger partial charge in [-0.2, -0.15) is 0 Å². The maximum absolute atomic E-state index is 11.2. The molecule has 0 aromatic heterocycles. The fourth-order valence-corrected chi connectivity index (χ4v) is 1.10. The van der Waals surface area contributed by atoms with Crippen LogP contribution >= 0.6 is 0 Å². The second kappa shape index (κ2) is 6.37. The Morgan fingerprint density at radius 3 is 2.59 bits per heavy atom. The van der Waals surface area contributed by atoms with Gasteiger partial charge in [-0.05, 0) is 17.7 Å². The van der Waals surface area contributed by atoms with Crippen LogP contribution in [0.4, 0.5) is 0 Å². The average molecular weight is 237 g/mol. The van der Waals surface area contributed by atoms with Gasteiger partial charge in [0.2, 0.25) is 0 Å². The number of rotatable bonds is 5. The number of carbonyl (C=O) groups is 1. The van der Waals surface area contributed by atoms with E-state index in [1.807, 2.05) is 12.1 Å². The Hall–Kier alpha value is -2.24. The standard InChI is InChI=1S/C11H15N3O3/c1-16-9-4-2-8(3-5-9)7-17-10(15)6-14-11(12)13/h2-5H,6-7H2,1H3,(H4,12,13,14). The van der Waals surface area contributed by atoms with Gasteiger partial charge in [0.15, 0.2) is 5.96 Å². The monoisotopic (exact) mass is 237 g/mol. The van der Waals surface area contributed by atoms with E-state index in [-0.39, 0.29) is 19.1 Å². The molecule has 92 valence electrons. The van der Waals surface area contributed by atoms with E-state index < -0.39 is 5.97 Å². The van der Waals surface area contributed by atoms with E-state index in [4.69, 9.17) is 20.6 Å². The summed E-state index contributed by atoms with van der Waals surface area (Å²) in [6, 6.07) is 7.20. The number of methoxy groups -OCH3 is 1. The summed E-state index contributed by atoms with van der Waals surface area (Å²) in [5.74, 6) is 0.0285. The maximum Gasteiger partial charge on any atom is 0.325 e. The number of nitrogens with two attached hydrogens (primary N) is 1. The third kappa shape index (κ3) is 4.87. The van der Waals surface area contributed by atoms with Gasteiger partial charge in [0, 0.05) is 0 Å². The molecule has 1 aromatic carbocycles. The first-order valence-electron chi connectivity index (χ1n) is 4.98. The van der Waals surface area contributed by atoms with Crippen molar-refractivity contribution in [1.82, 2.24) is 5.32 Å². The highest BCUT2D eigenvalue weighted by Gasteiger charge is 2.03. The highest BCUT2D eigenvalue weighted by atomic mass is 16.5. The Kier molecular flexibility index (Phi) is 4.80. The quantitative estimate of drug-likeness (QED) is 0.386. The molecule has 6 heteroatoms. The van der Waals surface area contributed by atoms with Crippen LogP contribution in [-0.4, -0.2) is 25.6 Å². The van der Waals surface area contributed by atoms with Crippen LogP contribution in [-0.2, 0) is 16.1 Å². The van der Waals surface area contributed by atoms with Crippen molar-refractivity contribution in [2.24, 2.45) is 5.73 Å². The summed E-state index contributed by atoms with van der Waals surface area (Å²) >= 11 is 0. The molecule has 17 heavy (non-hydrogen) atoms. The molecular formula is C11H15N3O3. The van der Waals surface area contributed by atoms with E-state index in [0.717, 1.165) is 11.3 Å². The lowest BCUT2D eigenvalue weighted by Gasteiger charge is -2.06. The van der Waals surface area contributed by atoms with Crippen LogP contribution in [0.5, 0.6) is 5.75 Å². The average Bonchev–Trinajstić information content (AvgIpc) is 2.34. The van der Waals surface area contributed by atoms with Crippen LogP contribution in [0.2, 0.25) is 0 Å². The number of ether oxygens (including phenoxy) is 2. The molecule has 0 aliphatic carbocycles. The number of hydrogen-bond donors (Lipinski definition) is 3. The predicted molar refractivity (Wildman–Crippen MR) is 62.7 cm³/mol. The minimum absolute atomic E-state index is 0.106. The van der Waals surface area contributed by atoms with E-state index in [1.165, 1.54) is 0 Å². The molecule has 0 fully saturated rings. The summed E-state index contributed by atoms with van der Waals surface area (Å²) < 4.78 is 9.96. The van der Waals surface area contributed by atoms with Gasteiger partial charge in [-0.25, -0.2) is 0 Å². The molecule has 0 unspecified atom stereocenters. The number of esters is 1. The van der Waals surface area contributed by atoms with Crippen LogP contribution < -0.4 is 15.8 Å². The topological polar surface area (TPSA) is 97.4 Å². The fraction of sp³-hybridized carbons (Fsp3) is 0.273. The molecule has 0 saturated heterocycles. The van der Waals surface area contributed by atoms with Crippen LogP contribution in [0.1, 0.15) is 5.56 Å². The molecule has 4 N–H and O–H groups in total. The molecule has 0 aliphatic heterocycles. The second-order valence-corrected chi connectivity index (χ2v) is 3.28. The first kappa shape index (κ1) is 12.8. The number of guanidine groups is 1. The van der Waals surface area contributed by atoms with Gasteiger partial charge in [-0.15, -0.1) is 0 Å². The molecule has 0 radical (unpaired) electrons. The molecule has 0 bridgehead atoms. The number of carbonyl (C=O) groups excluding carboxylic acids is 1. The van der Waals surface area contributed by atoms with Crippen molar-refractivity contribution in [3.8, 4) is 5.75 Å². The van der Waals surface area contributed by atoms with Crippen molar-refractivity contribution in [2.45, 2.75) is 6.61 Å². The maximum atomic E-state index is 11.2. The first-order valence-corrected chi connectivity index (χ1v) is 4.98. The summed E-state index contributed by atoms with van der Waals surface area (Å²) in [5.41, 5.74) is 5.89. The molecule has 1 aromatic rings. The Bertz CT molecular complexity index is 389. The van der Waals surface area contributed by atoms with Crippen LogP contribution in [0, 0.1) is 5.41 Å². The van der Waals surface area contributed by atoms with Crippen molar-refractivity contribution in [1.29, 1.82) is 5.41 Å². The summed E-state index contributed by atoms with van der Waals surface area (Å²) in [6.07, 6.45) is 0. The normalized spacial score (nSPS) is 9.47. The van der Waals surface area contributed by atoms with Crippen molar-refractivity contribution in [3.63, 3.8) is 0 Å². The number of nitrogens with one attached hydrogen (secondary N) is 2. The van der Waals surface area contributed by atoms with Gasteiger partial charge in [0.05, 0.1) is 7.11 Å². The summed E-state index contributed by atoms with van der Waals surface area (Å²) in [4.78, 5) is 11.2. The molecular weight excluding hydrogens is 222 g/mol. The Balaban J connectivity index is 2.34. The van der Waals surface area contributed by atoms with Gasteiger partial charge in [0.1, 0.15) is 18.9 Å². The van der Waals surface area contributed by atoms with Gasteiger partial charge >= 0.3 is 5.97 Å². The van der Waals surface area contributed by atoms with E-state index in [1.54, 1.807) is 19.2 Å². The summed E-state index contributed by atoms with van der Waals surface area (Å²) in [6.45, 7) is 0.0773. The van der Waals surface area contributed by atoms with E-state index in [9.17, 15) is 4.79 Å². The largest absolute Gasteiger partial charge is 0.497 e. The Morgan fingerprint density at radius 2 is 2.06 bits per heavy atom. The van der Waals surface area contributed by atoms with Crippen molar-refractivity contribution in [2.75, 3.05) is 13.7 Å². The van der Waals surface area contributed by atoms with E-state index in [0.29, 0.717) is 0 Å². The Morgan fingerprint density at radius 1 is 1.41 bits per heavy atom. The van der Waals surface area contributed by atoms with Gasteiger partial charge in [-0.1, -0.05) is 12.1 Å². The molecule has 0 heterocycles. The summed E-state index contributed by atoms with van der Waals surface area (Å²) in [5, 5.41) is 9.24. The molecule has 0 amide bonds. The minimum Gasteiger partial charge on any atom is -0.497 e. The van der Waals surface area contributed by atoms with Gasteiger partial charge in [0.25, 0.3) is 0 Å². The lowest BCUT2D eigenvalue weighted by Crippen LogP contribution is -2.35. The molecule has 1 rings (SSSR count). The second-order valence-electron chi connectivity index (χ2n) is 3.28. The molecule has 0 atom stereocenters. The van der Waals surface area contributed by atoms with E-state index in [2.05, 4.69) is 5.32 Å². The molecule has 6 nitrogen and oxygen atoms in total. The lowest BCUT2D eigenvalue weighted by atomic mass is 10.2. The zero-order chi connectivity index (χ0) is 12.7. The van der Waals surface area contributed by atoms with Crippen molar-refractivity contribution in [3.05, 3.63) is 29.8 Å². The SMILES string of the molecule is COc1ccc(COC(=O)CNC(=N)N)cc1. The minimum atomic E-state index is -0.462. The molecule has 0 spiro atoms. The number of benzene rings is 1. The first-order chi connectivity index (χ1) is 8.11. The zero-order valence-corrected chi connectivity index (χ0v) is 9.53.